The van der Waals surface area contributed by atoms with Gasteiger partial charge in [0.15, 0.2) is 0 Å². The third kappa shape index (κ3) is 2.10. The summed E-state index contributed by atoms with van der Waals surface area (Å²) >= 11 is 0. The van der Waals surface area contributed by atoms with Crippen molar-refractivity contribution < 1.29 is 0 Å². The molecule has 1 atom stereocenters. The number of aromatic nitrogens is 1. The van der Waals surface area contributed by atoms with Crippen molar-refractivity contribution in [3.8, 4) is 0 Å². The van der Waals surface area contributed by atoms with Gasteiger partial charge in [-0.3, -0.25) is 0 Å². The molecule has 3 rings (SSSR count). The van der Waals surface area contributed by atoms with E-state index in [4.69, 9.17) is 5.73 Å². The van der Waals surface area contributed by atoms with Gasteiger partial charge in [-0.05, 0) is 49.1 Å². The van der Waals surface area contributed by atoms with Gasteiger partial charge in [0.05, 0.1) is 0 Å². The van der Waals surface area contributed by atoms with E-state index in [0.29, 0.717) is 0 Å². The molecule has 0 amide bonds. The molecule has 0 fully saturated rings. The van der Waals surface area contributed by atoms with Gasteiger partial charge in [-0.25, -0.2) is 4.98 Å². The fraction of sp³-hybridized carbons (Fsp3) is 0.312. The van der Waals surface area contributed by atoms with Crippen LogP contribution >= 0.6 is 0 Å². The topological polar surface area (TPSA) is 42.1 Å². The van der Waals surface area contributed by atoms with Gasteiger partial charge in [-0.1, -0.05) is 18.2 Å². The van der Waals surface area contributed by atoms with Crippen molar-refractivity contribution in [2.24, 2.45) is 5.73 Å². The maximum Gasteiger partial charge on any atom is 0.135 e. The molecule has 3 nitrogen and oxygen atoms in total. The van der Waals surface area contributed by atoms with Gasteiger partial charge in [0.1, 0.15) is 5.82 Å². The second-order valence-corrected chi connectivity index (χ2v) is 5.23. The van der Waals surface area contributed by atoms with Crippen molar-refractivity contribution >= 4 is 11.5 Å². The fourth-order valence-electron chi connectivity index (χ4n) is 2.68. The van der Waals surface area contributed by atoms with E-state index in [2.05, 4.69) is 47.1 Å². The van der Waals surface area contributed by atoms with E-state index < -0.39 is 0 Å². The predicted molar refractivity (Wildman–Crippen MR) is 78.7 cm³/mol. The maximum absolute atomic E-state index is 5.91. The van der Waals surface area contributed by atoms with Gasteiger partial charge in [0.2, 0.25) is 0 Å². The first-order valence-electron chi connectivity index (χ1n) is 6.74. The van der Waals surface area contributed by atoms with Crippen LogP contribution in [0.15, 0.2) is 36.5 Å². The van der Waals surface area contributed by atoms with Crippen molar-refractivity contribution in [2.45, 2.75) is 26.3 Å². The summed E-state index contributed by atoms with van der Waals surface area (Å²) in [6, 6.07) is 10.7. The Kier molecular flexibility index (Phi) is 2.99. The first-order valence-corrected chi connectivity index (χ1v) is 6.74. The van der Waals surface area contributed by atoms with Crippen molar-refractivity contribution in [1.82, 2.24) is 4.98 Å². The number of pyridine rings is 1. The second kappa shape index (κ2) is 4.67. The zero-order chi connectivity index (χ0) is 13.4. The number of aryl methyl sites for hydroxylation is 1. The Morgan fingerprint density at radius 1 is 1.32 bits per heavy atom. The zero-order valence-electron chi connectivity index (χ0n) is 11.4. The van der Waals surface area contributed by atoms with Crippen LogP contribution in [-0.4, -0.2) is 11.5 Å². The lowest BCUT2D eigenvalue weighted by molar-refractivity contribution is 0.807. The number of para-hydroxylation sites is 1. The highest BCUT2D eigenvalue weighted by molar-refractivity contribution is 5.69. The number of rotatable bonds is 2. The van der Waals surface area contributed by atoms with Crippen LogP contribution in [0.5, 0.6) is 0 Å². The van der Waals surface area contributed by atoms with Gasteiger partial charge >= 0.3 is 0 Å². The first kappa shape index (κ1) is 12.2. The highest BCUT2D eigenvalue weighted by atomic mass is 15.2. The van der Waals surface area contributed by atoms with Crippen LogP contribution in [-0.2, 0) is 6.42 Å². The zero-order valence-corrected chi connectivity index (χ0v) is 11.4. The summed E-state index contributed by atoms with van der Waals surface area (Å²) in [7, 11) is 0. The van der Waals surface area contributed by atoms with Crippen LogP contribution in [0.25, 0.3) is 0 Å². The molecule has 0 radical (unpaired) electrons. The summed E-state index contributed by atoms with van der Waals surface area (Å²) in [4.78, 5) is 6.93. The molecule has 3 heteroatoms. The van der Waals surface area contributed by atoms with E-state index in [-0.39, 0.29) is 6.04 Å². The average molecular weight is 253 g/mol. The summed E-state index contributed by atoms with van der Waals surface area (Å²) in [5.74, 6) is 1.05. The van der Waals surface area contributed by atoms with Crippen molar-refractivity contribution in [3.63, 3.8) is 0 Å². The molecule has 1 aliphatic heterocycles. The first-order chi connectivity index (χ1) is 9.16. The van der Waals surface area contributed by atoms with Gasteiger partial charge in [0, 0.05) is 24.5 Å². The summed E-state index contributed by atoms with van der Waals surface area (Å²) in [6.45, 7) is 5.10. The third-order valence-corrected chi connectivity index (χ3v) is 3.74. The Morgan fingerprint density at radius 2 is 2.11 bits per heavy atom. The lowest BCUT2D eigenvalue weighted by Crippen LogP contribution is -2.17. The molecular weight excluding hydrogens is 234 g/mol. The summed E-state index contributed by atoms with van der Waals surface area (Å²) < 4.78 is 0. The van der Waals surface area contributed by atoms with E-state index in [1.54, 1.807) is 0 Å². The minimum absolute atomic E-state index is 0.0334. The molecule has 0 unspecified atom stereocenters. The number of hydrogen-bond donors (Lipinski definition) is 1. The summed E-state index contributed by atoms with van der Waals surface area (Å²) in [6.07, 6.45) is 2.99. The number of nitrogens with two attached hydrogens (primary N) is 1. The minimum atomic E-state index is 0.0334. The Bertz CT molecular complexity index is 605. The lowest BCUT2D eigenvalue weighted by atomic mass is 10.1. The van der Waals surface area contributed by atoms with Gasteiger partial charge in [0.25, 0.3) is 0 Å². The summed E-state index contributed by atoms with van der Waals surface area (Å²) in [5.41, 5.74) is 10.9. The van der Waals surface area contributed by atoms with E-state index in [1.807, 2.05) is 13.1 Å². The molecule has 0 aliphatic carbocycles. The van der Waals surface area contributed by atoms with Crippen LogP contribution in [0.3, 0.4) is 0 Å². The van der Waals surface area contributed by atoms with Gasteiger partial charge in [-0.15, -0.1) is 0 Å². The van der Waals surface area contributed by atoms with E-state index >= 15 is 0 Å². The van der Waals surface area contributed by atoms with Crippen LogP contribution < -0.4 is 10.6 Å². The van der Waals surface area contributed by atoms with E-state index in [1.165, 1.54) is 16.8 Å². The SMILES string of the molecule is Cc1cc([C@H](C)N)cnc1N1CCc2ccccc21. The fourth-order valence-corrected chi connectivity index (χ4v) is 2.68. The normalized spacial score (nSPS) is 15.4. The molecule has 0 saturated carbocycles. The molecule has 0 bridgehead atoms. The molecule has 2 aromatic rings. The highest BCUT2D eigenvalue weighted by Gasteiger charge is 2.22. The predicted octanol–water partition coefficient (Wildman–Crippen LogP) is 3.10. The van der Waals surface area contributed by atoms with Gasteiger partial charge < -0.3 is 10.6 Å². The monoisotopic (exact) mass is 253 g/mol. The molecule has 1 aliphatic rings. The molecule has 1 aromatic heterocycles. The Morgan fingerprint density at radius 3 is 2.84 bits per heavy atom. The molecule has 2 heterocycles. The quantitative estimate of drug-likeness (QED) is 0.894. The maximum atomic E-state index is 5.91. The van der Waals surface area contributed by atoms with E-state index in [0.717, 1.165) is 24.3 Å². The molecule has 0 spiro atoms. The van der Waals surface area contributed by atoms with Crippen LogP contribution in [0.4, 0.5) is 11.5 Å². The smallest absolute Gasteiger partial charge is 0.135 e. The van der Waals surface area contributed by atoms with Gasteiger partial charge in [-0.2, -0.15) is 0 Å². The van der Waals surface area contributed by atoms with Crippen LogP contribution in [0.2, 0.25) is 0 Å². The summed E-state index contributed by atoms with van der Waals surface area (Å²) in [5, 5.41) is 0. The largest absolute Gasteiger partial charge is 0.326 e. The molecule has 2 N–H and O–H groups in total. The number of nitrogens with zero attached hydrogens (tertiary/aromatic N) is 2. The molecular formula is C16H19N3. The number of benzene rings is 1. The van der Waals surface area contributed by atoms with Crippen molar-refractivity contribution in [3.05, 3.63) is 53.2 Å². The Balaban J connectivity index is 2.00. The Hall–Kier alpha value is -1.87. The minimum Gasteiger partial charge on any atom is -0.326 e. The van der Waals surface area contributed by atoms with Crippen LogP contribution in [0, 0.1) is 6.92 Å². The number of fused-ring (bicyclic) bond motifs is 1. The lowest BCUT2D eigenvalue weighted by Gasteiger charge is -2.21. The number of anilines is 2. The van der Waals surface area contributed by atoms with Crippen molar-refractivity contribution in [2.75, 3.05) is 11.4 Å². The molecule has 0 saturated heterocycles. The highest BCUT2D eigenvalue weighted by Crippen LogP contribution is 2.34. The van der Waals surface area contributed by atoms with Crippen molar-refractivity contribution in [1.29, 1.82) is 0 Å². The third-order valence-electron chi connectivity index (χ3n) is 3.74. The second-order valence-electron chi connectivity index (χ2n) is 5.23. The van der Waals surface area contributed by atoms with Crippen LogP contribution in [0.1, 0.15) is 29.7 Å². The Labute approximate surface area is 114 Å². The van der Waals surface area contributed by atoms with E-state index in [9.17, 15) is 0 Å². The average Bonchev–Trinajstić information content (AvgIpc) is 2.82. The molecule has 1 aromatic carbocycles. The number of hydrogen-bond acceptors (Lipinski definition) is 3. The standard InChI is InChI=1S/C16H19N3/c1-11-9-14(12(2)17)10-18-16(11)19-8-7-13-5-3-4-6-15(13)19/h3-6,9-10,12H,7-8,17H2,1-2H3/t12-/m0/s1. The molecule has 19 heavy (non-hydrogen) atoms. The molecule has 98 valence electrons.